The lowest BCUT2D eigenvalue weighted by Gasteiger charge is -2.20. The van der Waals surface area contributed by atoms with Gasteiger partial charge in [0.05, 0.1) is 12.8 Å². The van der Waals surface area contributed by atoms with Crippen molar-refractivity contribution < 1.29 is 8.42 Å². The maximum absolute atomic E-state index is 11.7. The molecule has 0 amide bonds. The van der Waals surface area contributed by atoms with Gasteiger partial charge in [0.1, 0.15) is 0 Å². The fourth-order valence-corrected chi connectivity index (χ4v) is 3.97. The van der Waals surface area contributed by atoms with Crippen LogP contribution in [0.4, 0.5) is 5.69 Å². The van der Waals surface area contributed by atoms with Crippen LogP contribution >= 0.6 is 0 Å². The van der Waals surface area contributed by atoms with E-state index < -0.39 is 10.0 Å². The van der Waals surface area contributed by atoms with Crippen molar-refractivity contribution in [2.45, 2.75) is 38.6 Å². The Morgan fingerprint density at radius 3 is 2.87 bits per heavy atom. The van der Waals surface area contributed by atoms with Gasteiger partial charge in [0, 0.05) is 18.3 Å². The summed E-state index contributed by atoms with van der Waals surface area (Å²) in [5.41, 5.74) is 8.05. The SMILES string of the molecule is CC(C)c1cccc(NC(N)=NC[C@H]2CCCN2S(C)(=O)=O)c1. The largest absolute Gasteiger partial charge is 0.370 e. The van der Waals surface area contributed by atoms with Crippen LogP contribution in [0.5, 0.6) is 0 Å². The second-order valence-corrected chi connectivity index (χ2v) is 8.24. The summed E-state index contributed by atoms with van der Waals surface area (Å²) in [7, 11) is -3.17. The van der Waals surface area contributed by atoms with Crippen molar-refractivity contribution in [3.05, 3.63) is 29.8 Å². The van der Waals surface area contributed by atoms with Gasteiger partial charge in [-0.15, -0.1) is 0 Å². The minimum absolute atomic E-state index is 0.0904. The van der Waals surface area contributed by atoms with Crippen LogP contribution in [0.25, 0.3) is 0 Å². The van der Waals surface area contributed by atoms with Gasteiger partial charge < -0.3 is 11.1 Å². The zero-order valence-electron chi connectivity index (χ0n) is 14.0. The first-order valence-electron chi connectivity index (χ1n) is 7.91. The number of aliphatic imine (C=N–C) groups is 1. The molecule has 1 fully saturated rings. The van der Waals surface area contributed by atoms with Gasteiger partial charge in [-0.25, -0.2) is 8.42 Å². The molecule has 1 aliphatic heterocycles. The molecule has 0 radical (unpaired) electrons. The lowest BCUT2D eigenvalue weighted by Crippen LogP contribution is -2.37. The topological polar surface area (TPSA) is 87.8 Å². The van der Waals surface area contributed by atoms with E-state index in [2.05, 4.69) is 30.2 Å². The van der Waals surface area contributed by atoms with Gasteiger partial charge in [0.15, 0.2) is 5.96 Å². The van der Waals surface area contributed by atoms with E-state index in [-0.39, 0.29) is 6.04 Å². The van der Waals surface area contributed by atoms with E-state index >= 15 is 0 Å². The molecule has 0 spiro atoms. The molecule has 1 aliphatic rings. The molecule has 3 N–H and O–H groups in total. The van der Waals surface area contributed by atoms with Crippen molar-refractivity contribution in [2.24, 2.45) is 10.7 Å². The average Bonchev–Trinajstić information content (AvgIpc) is 2.94. The van der Waals surface area contributed by atoms with E-state index in [9.17, 15) is 8.42 Å². The van der Waals surface area contributed by atoms with Crippen molar-refractivity contribution >= 4 is 21.7 Å². The van der Waals surface area contributed by atoms with Crippen LogP contribution < -0.4 is 11.1 Å². The lowest BCUT2D eigenvalue weighted by atomic mass is 10.0. The number of hydrogen-bond acceptors (Lipinski definition) is 3. The van der Waals surface area contributed by atoms with Crippen LogP contribution in [-0.2, 0) is 10.0 Å². The molecule has 1 heterocycles. The third-order valence-electron chi connectivity index (χ3n) is 4.05. The van der Waals surface area contributed by atoms with Gasteiger partial charge >= 0.3 is 0 Å². The zero-order valence-corrected chi connectivity index (χ0v) is 14.8. The number of nitrogens with zero attached hydrogens (tertiary/aromatic N) is 2. The standard InChI is InChI=1S/C16H26N4O2S/c1-12(2)13-6-4-7-14(10-13)19-16(17)18-11-15-8-5-9-20(15)23(3,21)22/h4,6-7,10,12,15H,5,8-9,11H2,1-3H3,(H3,17,18,19)/t15-/m1/s1. The molecule has 1 aromatic carbocycles. The molecule has 1 aromatic rings. The lowest BCUT2D eigenvalue weighted by molar-refractivity contribution is 0.397. The number of anilines is 1. The van der Waals surface area contributed by atoms with Gasteiger partial charge in [0.25, 0.3) is 0 Å². The smallest absolute Gasteiger partial charge is 0.211 e. The Labute approximate surface area is 138 Å². The molecule has 0 aromatic heterocycles. The average molecular weight is 338 g/mol. The molecular formula is C16H26N4O2S. The number of guanidine groups is 1. The summed E-state index contributed by atoms with van der Waals surface area (Å²) in [4.78, 5) is 4.32. The van der Waals surface area contributed by atoms with Crippen LogP contribution in [0.2, 0.25) is 0 Å². The highest BCUT2D eigenvalue weighted by Gasteiger charge is 2.30. The third-order valence-corrected chi connectivity index (χ3v) is 5.38. The predicted octanol–water partition coefficient (Wildman–Crippen LogP) is 1.96. The molecule has 1 saturated heterocycles. The van der Waals surface area contributed by atoms with Crippen LogP contribution in [0, 0.1) is 0 Å². The monoisotopic (exact) mass is 338 g/mol. The fourth-order valence-electron chi connectivity index (χ4n) is 2.79. The Bertz CT molecular complexity index is 670. The number of benzene rings is 1. The second-order valence-electron chi connectivity index (χ2n) is 6.30. The first-order chi connectivity index (χ1) is 10.8. The summed E-state index contributed by atoms with van der Waals surface area (Å²) < 4.78 is 24.9. The van der Waals surface area contributed by atoms with E-state index in [0.717, 1.165) is 18.5 Å². The number of nitrogens with one attached hydrogen (secondary N) is 1. The Balaban J connectivity index is 1.99. The second kappa shape index (κ2) is 7.31. The summed E-state index contributed by atoms with van der Waals surface area (Å²) in [6.45, 7) is 5.23. The number of hydrogen-bond donors (Lipinski definition) is 2. The Kier molecular flexibility index (Phi) is 5.64. The minimum Gasteiger partial charge on any atom is -0.370 e. The predicted molar refractivity (Wildman–Crippen MR) is 95.2 cm³/mol. The van der Waals surface area contributed by atoms with Crippen molar-refractivity contribution in [2.75, 3.05) is 24.7 Å². The molecule has 0 aliphatic carbocycles. The summed E-state index contributed by atoms with van der Waals surface area (Å²) in [5, 5.41) is 3.07. The highest BCUT2D eigenvalue weighted by Crippen LogP contribution is 2.21. The maximum Gasteiger partial charge on any atom is 0.211 e. The van der Waals surface area contributed by atoms with Crippen molar-refractivity contribution in [3.8, 4) is 0 Å². The van der Waals surface area contributed by atoms with Crippen LogP contribution in [0.3, 0.4) is 0 Å². The van der Waals surface area contributed by atoms with Gasteiger partial charge in [0.2, 0.25) is 10.0 Å². The minimum atomic E-state index is -3.17. The number of nitrogens with two attached hydrogens (primary N) is 1. The van der Waals surface area contributed by atoms with Crippen molar-refractivity contribution in [3.63, 3.8) is 0 Å². The molecule has 0 saturated carbocycles. The summed E-state index contributed by atoms with van der Waals surface area (Å²) >= 11 is 0. The molecule has 2 rings (SSSR count). The highest BCUT2D eigenvalue weighted by molar-refractivity contribution is 7.88. The maximum atomic E-state index is 11.7. The highest BCUT2D eigenvalue weighted by atomic mass is 32.2. The van der Waals surface area contributed by atoms with Crippen LogP contribution in [0.1, 0.15) is 38.2 Å². The van der Waals surface area contributed by atoms with E-state index in [4.69, 9.17) is 5.73 Å². The first kappa shape index (κ1) is 17.7. The van der Waals surface area contributed by atoms with Gasteiger partial charge in [-0.2, -0.15) is 4.31 Å². The van der Waals surface area contributed by atoms with Crippen molar-refractivity contribution in [1.82, 2.24) is 4.31 Å². The zero-order chi connectivity index (χ0) is 17.0. The molecule has 6 nitrogen and oxygen atoms in total. The normalized spacial score (nSPS) is 20.2. The van der Waals surface area contributed by atoms with Gasteiger partial charge in [-0.05, 0) is 36.5 Å². The Hall–Kier alpha value is -1.60. The third kappa shape index (κ3) is 4.94. The molecule has 128 valence electrons. The molecule has 0 unspecified atom stereocenters. The van der Waals surface area contributed by atoms with E-state index in [1.165, 1.54) is 16.1 Å². The van der Waals surface area contributed by atoms with Gasteiger partial charge in [-0.3, -0.25) is 4.99 Å². The van der Waals surface area contributed by atoms with E-state index in [1.54, 1.807) is 0 Å². The molecule has 1 atom stereocenters. The Morgan fingerprint density at radius 1 is 1.48 bits per heavy atom. The van der Waals surface area contributed by atoms with Crippen LogP contribution in [-0.4, -0.2) is 44.1 Å². The molecule has 0 bridgehead atoms. The molecule has 7 heteroatoms. The summed E-state index contributed by atoms with van der Waals surface area (Å²) in [6.07, 6.45) is 2.94. The van der Waals surface area contributed by atoms with E-state index in [1.807, 2.05) is 18.2 Å². The van der Waals surface area contributed by atoms with Crippen LogP contribution in [0.15, 0.2) is 29.3 Å². The number of rotatable bonds is 5. The van der Waals surface area contributed by atoms with Crippen molar-refractivity contribution in [1.29, 1.82) is 0 Å². The summed E-state index contributed by atoms with van der Waals surface area (Å²) in [5.74, 6) is 0.753. The molecular weight excluding hydrogens is 312 g/mol. The Morgan fingerprint density at radius 2 is 2.22 bits per heavy atom. The quantitative estimate of drug-likeness (QED) is 0.634. The van der Waals surface area contributed by atoms with Gasteiger partial charge in [-0.1, -0.05) is 26.0 Å². The fraction of sp³-hybridized carbons (Fsp3) is 0.562. The first-order valence-corrected chi connectivity index (χ1v) is 9.76. The number of sulfonamides is 1. The van der Waals surface area contributed by atoms with E-state index in [0.29, 0.717) is 25.0 Å². The summed E-state index contributed by atoms with van der Waals surface area (Å²) in [6, 6.07) is 7.95. The molecule has 23 heavy (non-hydrogen) atoms.